The lowest BCUT2D eigenvalue weighted by Gasteiger charge is -2.34. The summed E-state index contributed by atoms with van der Waals surface area (Å²) in [5.74, 6) is -1.74. The van der Waals surface area contributed by atoms with E-state index in [4.69, 9.17) is 0 Å². The quantitative estimate of drug-likeness (QED) is 0.167. The molecule has 1 N–H and O–H groups in total. The van der Waals surface area contributed by atoms with Gasteiger partial charge in [-0.15, -0.1) is 13.2 Å². The van der Waals surface area contributed by atoms with Gasteiger partial charge in [0.1, 0.15) is 5.82 Å². The summed E-state index contributed by atoms with van der Waals surface area (Å²) >= 11 is 0. The van der Waals surface area contributed by atoms with E-state index < -0.39 is 5.92 Å². The zero-order valence-corrected chi connectivity index (χ0v) is 33.9. The van der Waals surface area contributed by atoms with E-state index in [2.05, 4.69) is 133 Å². The average Bonchev–Trinajstić information content (AvgIpc) is 3.12. The Morgan fingerprint density at radius 1 is 0.960 bits per heavy atom. The third kappa shape index (κ3) is 16.2. The summed E-state index contributed by atoms with van der Waals surface area (Å²) in [7, 11) is 2.11. The topological polar surface area (TPSA) is 18.5 Å². The van der Waals surface area contributed by atoms with E-state index in [1.165, 1.54) is 59.2 Å². The van der Waals surface area contributed by atoms with Gasteiger partial charge in [-0.1, -0.05) is 128 Å². The van der Waals surface area contributed by atoms with Gasteiger partial charge in [0.05, 0.1) is 5.70 Å². The molecule has 0 amide bonds. The molecule has 0 saturated heterocycles. The maximum atomic E-state index is 13.2. The number of hydrogen-bond acceptors (Lipinski definition) is 3. The van der Waals surface area contributed by atoms with Crippen LogP contribution in [0.2, 0.25) is 0 Å². The van der Waals surface area contributed by atoms with Crippen LogP contribution in [-0.2, 0) is 13.0 Å². The van der Waals surface area contributed by atoms with Crippen molar-refractivity contribution in [3.8, 4) is 0 Å². The van der Waals surface area contributed by atoms with E-state index in [1.54, 1.807) is 4.90 Å². The van der Waals surface area contributed by atoms with Crippen LogP contribution in [0.3, 0.4) is 0 Å². The summed E-state index contributed by atoms with van der Waals surface area (Å²) < 4.78 is 26.4. The highest BCUT2D eigenvalue weighted by atomic mass is 19.3. The zero-order valence-electron chi connectivity index (χ0n) is 33.9. The first-order valence-corrected chi connectivity index (χ1v) is 18.4. The molecule has 1 heterocycles. The van der Waals surface area contributed by atoms with E-state index >= 15 is 0 Å². The maximum absolute atomic E-state index is 13.2. The molecular weight excluding hydrogens is 621 g/mol. The second-order valence-corrected chi connectivity index (χ2v) is 12.1. The number of benzene rings is 2. The minimum absolute atomic E-state index is 0.0790. The molecule has 0 aliphatic carbocycles. The van der Waals surface area contributed by atoms with Crippen LogP contribution in [-0.4, -0.2) is 35.4 Å². The fourth-order valence-corrected chi connectivity index (χ4v) is 5.39. The summed E-state index contributed by atoms with van der Waals surface area (Å²) in [4.78, 5) is 3.90. The molecule has 0 radical (unpaired) electrons. The molecule has 5 heteroatoms. The molecule has 0 spiro atoms. The molecule has 0 unspecified atom stereocenters. The van der Waals surface area contributed by atoms with Crippen LogP contribution in [0.1, 0.15) is 116 Å². The SMILES string of the molecule is C=C.C=C(N1CCc2ccc(C)cc2C1)C(C)(F)F.C=C/C(C)=C(/C)N(C)/C(=C\C(=C)c1ccccc1C)NC(CCC)CCC.CC.CC. The van der Waals surface area contributed by atoms with E-state index in [0.717, 1.165) is 30.3 Å². The molecule has 0 bridgehead atoms. The van der Waals surface area contributed by atoms with E-state index in [-0.39, 0.29) is 5.70 Å². The van der Waals surface area contributed by atoms with Gasteiger partial charge < -0.3 is 15.1 Å². The van der Waals surface area contributed by atoms with Crippen LogP contribution < -0.4 is 5.32 Å². The summed E-state index contributed by atoms with van der Waals surface area (Å²) in [6, 6.07) is 15.1. The van der Waals surface area contributed by atoms with Crippen LogP contribution in [0.4, 0.5) is 8.78 Å². The Labute approximate surface area is 307 Å². The minimum atomic E-state index is -2.83. The van der Waals surface area contributed by atoms with Crippen LogP contribution >= 0.6 is 0 Å². The third-order valence-electron chi connectivity index (χ3n) is 8.43. The van der Waals surface area contributed by atoms with Gasteiger partial charge in [-0.25, -0.2) is 8.78 Å². The van der Waals surface area contributed by atoms with Crippen molar-refractivity contribution in [2.75, 3.05) is 13.6 Å². The van der Waals surface area contributed by atoms with E-state index in [1.807, 2.05) is 40.7 Å². The monoisotopic (exact) mass is 692 g/mol. The first-order chi connectivity index (χ1) is 23.7. The van der Waals surface area contributed by atoms with Gasteiger partial charge in [0, 0.05) is 38.8 Å². The first-order valence-electron chi connectivity index (χ1n) is 18.4. The van der Waals surface area contributed by atoms with Gasteiger partial charge in [0.15, 0.2) is 0 Å². The van der Waals surface area contributed by atoms with E-state index in [9.17, 15) is 8.78 Å². The normalized spacial score (nSPS) is 12.5. The summed E-state index contributed by atoms with van der Waals surface area (Å²) in [6.07, 6.45) is 9.58. The summed E-state index contributed by atoms with van der Waals surface area (Å²) in [6.45, 7) is 40.7. The molecule has 2 aromatic carbocycles. The van der Waals surface area contributed by atoms with Crippen molar-refractivity contribution in [2.45, 2.75) is 127 Å². The standard InChI is InChI=1S/C25H38N2.C14H17F2N.2C2H6.C2H4/c1-9-14-23(15-10-2)26-25(27(8)22(7)19(4)11-3)18-21(6)24-17-13-12-16-20(24)5;1-10-4-5-12-6-7-17(9-13(12)8-10)11(2)14(3,15)16;3*1-2/h11-13,16-18,23,26H,3,6,9-10,14-15H2,1-2,4-5,7-8H3;4-5,8H,2,6-7,9H2,1,3H3;2*1-2H3;1-2H2/b22-19-,25-18-;;;;. The fraction of sp³-hybridized carbons (Fsp3) is 0.467. The zero-order chi connectivity index (χ0) is 39.0. The number of nitrogens with zero attached hydrogens (tertiary/aromatic N) is 2. The van der Waals surface area contributed by atoms with Crippen molar-refractivity contribution in [3.63, 3.8) is 0 Å². The number of aryl methyl sites for hydroxylation is 2. The van der Waals surface area contributed by atoms with Gasteiger partial charge in [0.2, 0.25) is 0 Å². The Bertz CT molecular complexity index is 1360. The number of alkyl halides is 2. The van der Waals surface area contributed by atoms with Gasteiger partial charge >= 0.3 is 0 Å². The van der Waals surface area contributed by atoms with Crippen LogP contribution in [0.25, 0.3) is 5.57 Å². The highest BCUT2D eigenvalue weighted by Crippen LogP contribution is 2.30. The Balaban J connectivity index is 0. The van der Waals surface area contributed by atoms with Gasteiger partial charge in [0.25, 0.3) is 5.92 Å². The second-order valence-electron chi connectivity index (χ2n) is 12.1. The van der Waals surface area contributed by atoms with Gasteiger partial charge in [-0.3, -0.25) is 0 Å². The second kappa shape index (κ2) is 26.0. The molecule has 1 aliphatic rings. The van der Waals surface area contributed by atoms with Crippen LogP contribution in [0.15, 0.2) is 110 Å². The summed E-state index contributed by atoms with van der Waals surface area (Å²) in [5, 5.41) is 3.79. The highest BCUT2D eigenvalue weighted by Gasteiger charge is 2.31. The van der Waals surface area contributed by atoms with Crippen molar-refractivity contribution >= 4 is 5.57 Å². The molecule has 0 fully saturated rings. The van der Waals surface area contributed by atoms with Crippen molar-refractivity contribution in [1.29, 1.82) is 0 Å². The maximum Gasteiger partial charge on any atom is 0.284 e. The number of rotatable bonds is 13. The molecular formula is C45H71F2N3. The molecule has 0 atom stereocenters. The van der Waals surface area contributed by atoms with Crippen LogP contribution in [0.5, 0.6) is 0 Å². The number of allylic oxidation sites excluding steroid dienone is 6. The van der Waals surface area contributed by atoms with Crippen molar-refractivity contribution in [2.24, 2.45) is 0 Å². The average molecular weight is 692 g/mol. The molecule has 50 heavy (non-hydrogen) atoms. The highest BCUT2D eigenvalue weighted by molar-refractivity contribution is 5.74. The lowest BCUT2D eigenvalue weighted by atomic mass is 9.97. The Morgan fingerprint density at radius 2 is 1.52 bits per heavy atom. The van der Waals surface area contributed by atoms with Crippen molar-refractivity contribution in [1.82, 2.24) is 15.1 Å². The summed E-state index contributed by atoms with van der Waals surface area (Å²) in [5.41, 5.74) is 9.31. The Morgan fingerprint density at radius 3 is 2.02 bits per heavy atom. The fourth-order valence-electron chi connectivity index (χ4n) is 5.39. The smallest absolute Gasteiger partial charge is 0.284 e. The lowest BCUT2D eigenvalue weighted by Crippen LogP contribution is -2.35. The van der Waals surface area contributed by atoms with E-state index in [0.29, 0.717) is 19.1 Å². The number of nitrogens with one attached hydrogen (secondary N) is 1. The third-order valence-corrected chi connectivity index (χ3v) is 8.43. The molecule has 0 saturated carbocycles. The van der Waals surface area contributed by atoms with Crippen LogP contribution in [0, 0.1) is 13.8 Å². The molecule has 1 aliphatic heterocycles. The number of hydrogen-bond donors (Lipinski definition) is 1. The predicted molar refractivity (Wildman–Crippen MR) is 220 cm³/mol. The molecule has 280 valence electrons. The van der Waals surface area contributed by atoms with Gasteiger partial charge in [-0.05, 0) is 86.4 Å². The van der Waals surface area contributed by atoms with Crippen molar-refractivity contribution in [3.05, 3.63) is 138 Å². The molecule has 3 nitrogen and oxygen atoms in total. The Hall–Kier alpha value is -3.86. The van der Waals surface area contributed by atoms with Crippen molar-refractivity contribution < 1.29 is 8.78 Å². The number of halogens is 2. The Kier molecular flexibility index (Phi) is 25.1. The largest absolute Gasteiger partial charge is 0.369 e. The number of fused-ring (bicyclic) bond motifs is 1. The predicted octanol–water partition coefficient (Wildman–Crippen LogP) is 13.2. The minimum Gasteiger partial charge on any atom is -0.369 e. The molecule has 0 aromatic heterocycles. The lowest BCUT2D eigenvalue weighted by molar-refractivity contribution is 0.0278. The molecule has 3 rings (SSSR count). The molecule has 2 aromatic rings. The first kappa shape index (κ1) is 48.3. The van der Waals surface area contributed by atoms with Gasteiger partial charge in [-0.2, -0.15) is 0 Å².